The van der Waals surface area contributed by atoms with Crippen molar-refractivity contribution in [3.8, 4) is 0 Å². The van der Waals surface area contributed by atoms with Crippen molar-refractivity contribution in [2.75, 3.05) is 6.54 Å². The lowest BCUT2D eigenvalue weighted by molar-refractivity contribution is 0.231. The molecule has 4 rings (SSSR count). The molecular weight excluding hydrogens is 282 g/mol. The van der Waals surface area contributed by atoms with Gasteiger partial charge in [-0.2, -0.15) is 10.1 Å². The molecule has 1 saturated carbocycles. The molecule has 7 nitrogen and oxygen atoms in total. The van der Waals surface area contributed by atoms with Gasteiger partial charge in [-0.15, -0.1) is 0 Å². The quantitative estimate of drug-likeness (QED) is 0.841. The second-order valence-corrected chi connectivity index (χ2v) is 6.05. The average molecular weight is 301 g/mol. The lowest BCUT2D eigenvalue weighted by atomic mass is 10.1. The van der Waals surface area contributed by atoms with Crippen LogP contribution in [-0.4, -0.2) is 31.4 Å². The molecule has 2 aromatic rings. The summed E-state index contributed by atoms with van der Waals surface area (Å²) < 4.78 is 6.82. The first kappa shape index (κ1) is 13.6. The van der Waals surface area contributed by atoms with E-state index >= 15 is 0 Å². The van der Waals surface area contributed by atoms with Gasteiger partial charge in [-0.25, -0.2) is 4.68 Å². The molecule has 0 bridgehead atoms. The van der Waals surface area contributed by atoms with Gasteiger partial charge in [0, 0.05) is 38.0 Å². The van der Waals surface area contributed by atoms with Gasteiger partial charge in [0.1, 0.15) is 0 Å². The average Bonchev–Trinajstić information content (AvgIpc) is 3.27. The van der Waals surface area contributed by atoms with Crippen LogP contribution in [0.4, 0.5) is 0 Å². The number of aromatic nitrogens is 4. The maximum absolute atomic E-state index is 11.9. The molecule has 22 heavy (non-hydrogen) atoms. The Balaban J connectivity index is 1.48. The molecule has 0 N–H and O–H groups in total. The van der Waals surface area contributed by atoms with Crippen molar-refractivity contribution < 1.29 is 4.52 Å². The van der Waals surface area contributed by atoms with Crippen LogP contribution in [0.5, 0.6) is 0 Å². The molecule has 0 saturated heterocycles. The Morgan fingerprint density at radius 1 is 1.41 bits per heavy atom. The minimum atomic E-state index is -0.0290. The Morgan fingerprint density at radius 3 is 3.05 bits per heavy atom. The SMILES string of the molecule is CCn1nc2c(cc1=O)CN(Cc1noc(C3CC3)n1)CC2. The van der Waals surface area contributed by atoms with E-state index in [2.05, 4.69) is 20.1 Å². The number of rotatable bonds is 4. The van der Waals surface area contributed by atoms with Crippen molar-refractivity contribution in [3.63, 3.8) is 0 Å². The molecule has 0 spiro atoms. The Labute approximate surface area is 127 Å². The molecule has 0 amide bonds. The van der Waals surface area contributed by atoms with E-state index in [0.29, 0.717) is 19.0 Å². The van der Waals surface area contributed by atoms with Gasteiger partial charge in [0.15, 0.2) is 5.82 Å². The van der Waals surface area contributed by atoms with E-state index < -0.39 is 0 Å². The standard InChI is InChI=1S/C15H19N5O2/c1-2-20-14(21)7-11-8-19(6-5-12(11)17-20)9-13-16-15(22-18-13)10-3-4-10/h7,10H,2-6,8-9H2,1H3. The topological polar surface area (TPSA) is 77.0 Å². The summed E-state index contributed by atoms with van der Waals surface area (Å²) in [5, 5.41) is 8.50. The van der Waals surface area contributed by atoms with E-state index in [9.17, 15) is 4.79 Å². The molecule has 3 heterocycles. The summed E-state index contributed by atoms with van der Waals surface area (Å²) in [6, 6.07) is 1.71. The van der Waals surface area contributed by atoms with Crippen molar-refractivity contribution in [2.24, 2.45) is 0 Å². The molecule has 0 atom stereocenters. The maximum Gasteiger partial charge on any atom is 0.267 e. The van der Waals surface area contributed by atoms with Crippen molar-refractivity contribution in [3.05, 3.63) is 39.4 Å². The van der Waals surface area contributed by atoms with E-state index in [1.54, 1.807) is 6.07 Å². The number of hydrogen-bond donors (Lipinski definition) is 0. The van der Waals surface area contributed by atoms with Gasteiger partial charge in [-0.1, -0.05) is 5.16 Å². The van der Waals surface area contributed by atoms with Crippen LogP contribution >= 0.6 is 0 Å². The summed E-state index contributed by atoms with van der Waals surface area (Å²) in [6.45, 7) is 4.82. The normalized spacial score (nSPS) is 18.4. The van der Waals surface area contributed by atoms with Gasteiger partial charge in [0.05, 0.1) is 12.2 Å². The lowest BCUT2D eigenvalue weighted by Gasteiger charge is -2.26. The van der Waals surface area contributed by atoms with Gasteiger partial charge in [0.25, 0.3) is 5.56 Å². The van der Waals surface area contributed by atoms with Gasteiger partial charge in [0.2, 0.25) is 5.89 Å². The third kappa shape index (κ3) is 2.56. The highest BCUT2D eigenvalue weighted by atomic mass is 16.5. The zero-order chi connectivity index (χ0) is 15.1. The van der Waals surface area contributed by atoms with Crippen LogP contribution < -0.4 is 5.56 Å². The molecule has 0 aromatic carbocycles. The number of aryl methyl sites for hydroxylation is 1. The molecular formula is C15H19N5O2. The Morgan fingerprint density at radius 2 is 2.27 bits per heavy atom. The van der Waals surface area contributed by atoms with Crippen LogP contribution in [0, 0.1) is 0 Å². The highest BCUT2D eigenvalue weighted by molar-refractivity contribution is 5.20. The monoisotopic (exact) mass is 301 g/mol. The maximum atomic E-state index is 11.9. The molecule has 2 aromatic heterocycles. The minimum Gasteiger partial charge on any atom is -0.339 e. The number of nitrogens with zero attached hydrogens (tertiary/aromatic N) is 5. The van der Waals surface area contributed by atoms with Crippen molar-refractivity contribution in [1.82, 2.24) is 24.8 Å². The Bertz CT molecular complexity index is 747. The zero-order valence-corrected chi connectivity index (χ0v) is 12.7. The molecule has 1 aliphatic carbocycles. The van der Waals surface area contributed by atoms with Crippen LogP contribution in [0.3, 0.4) is 0 Å². The zero-order valence-electron chi connectivity index (χ0n) is 12.7. The van der Waals surface area contributed by atoms with Crippen LogP contribution in [0.25, 0.3) is 0 Å². The van der Waals surface area contributed by atoms with Gasteiger partial charge in [-0.3, -0.25) is 9.69 Å². The van der Waals surface area contributed by atoms with Gasteiger partial charge >= 0.3 is 0 Å². The smallest absolute Gasteiger partial charge is 0.267 e. The highest BCUT2D eigenvalue weighted by Crippen LogP contribution is 2.38. The third-order valence-corrected chi connectivity index (χ3v) is 4.30. The summed E-state index contributed by atoms with van der Waals surface area (Å²) in [4.78, 5) is 18.6. The summed E-state index contributed by atoms with van der Waals surface area (Å²) >= 11 is 0. The second kappa shape index (κ2) is 5.31. The molecule has 0 unspecified atom stereocenters. The summed E-state index contributed by atoms with van der Waals surface area (Å²) in [5.41, 5.74) is 2.02. The van der Waals surface area contributed by atoms with Crippen molar-refractivity contribution in [1.29, 1.82) is 0 Å². The van der Waals surface area contributed by atoms with Crippen LogP contribution in [-0.2, 0) is 26.1 Å². The van der Waals surface area contributed by atoms with E-state index in [-0.39, 0.29) is 5.56 Å². The Hall–Kier alpha value is -2.02. The highest BCUT2D eigenvalue weighted by Gasteiger charge is 2.30. The molecule has 1 aliphatic heterocycles. The van der Waals surface area contributed by atoms with Crippen molar-refractivity contribution >= 4 is 0 Å². The fourth-order valence-corrected chi connectivity index (χ4v) is 2.89. The van der Waals surface area contributed by atoms with E-state index in [1.165, 1.54) is 4.68 Å². The fraction of sp³-hybridized carbons (Fsp3) is 0.600. The van der Waals surface area contributed by atoms with E-state index in [1.807, 2.05) is 6.92 Å². The first-order valence-corrected chi connectivity index (χ1v) is 7.87. The molecule has 116 valence electrons. The summed E-state index contributed by atoms with van der Waals surface area (Å²) in [5.74, 6) is 2.00. The second-order valence-electron chi connectivity index (χ2n) is 6.05. The molecule has 1 fully saturated rings. The largest absolute Gasteiger partial charge is 0.339 e. The number of fused-ring (bicyclic) bond motifs is 1. The Kier molecular flexibility index (Phi) is 3.29. The van der Waals surface area contributed by atoms with Gasteiger partial charge in [-0.05, 0) is 25.3 Å². The lowest BCUT2D eigenvalue weighted by Crippen LogP contribution is -2.34. The van der Waals surface area contributed by atoms with Crippen LogP contribution in [0.2, 0.25) is 0 Å². The minimum absolute atomic E-state index is 0.0290. The van der Waals surface area contributed by atoms with Crippen molar-refractivity contribution in [2.45, 2.75) is 51.7 Å². The number of hydrogen-bond acceptors (Lipinski definition) is 6. The van der Waals surface area contributed by atoms with Gasteiger partial charge < -0.3 is 4.52 Å². The molecule has 0 radical (unpaired) electrons. The summed E-state index contributed by atoms with van der Waals surface area (Å²) in [6.07, 6.45) is 3.17. The molecule has 2 aliphatic rings. The summed E-state index contributed by atoms with van der Waals surface area (Å²) in [7, 11) is 0. The van der Waals surface area contributed by atoms with E-state index in [0.717, 1.165) is 55.3 Å². The predicted molar refractivity (Wildman–Crippen MR) is 78.3 cm³/mol. The predicted octanol–water partition coefficient (Wildman–Crippen LogP) is 1.08. The first-order valence-electron chi connectivity index (χ1n) is 7.87. The first-order chi connectivity index (χ1) is 10.7. The molecule has 7 heteroatoms. The third-order valence-electron chi connectivity index (χ3n) is 4.30. The van der Waals surface area contributed by atoms with E-state index in [4.69, 9.17) is 4.52 Å². The fourth-order valence-electron chi connectivity index (χ4n) is 2.89. The van der Waals surface area contributed by atoms with Crippen LogP contribution in [0.15, 0.2) is 15.4 Å². The van der Waals surface area contributed by atoms with Crippen LogP contribution in [0.1, 0.15) is 48.7 Å².